The predicted molar refractivity (Wildman–Crippen MR) is 153 cm³/mol. The van der Waals surface area contributed by atoms with Gasteiger partial charge in [-0.25, -0.2) is 0 Å². The Hall–Kier alpha value is -1.61. The molecule has 3 aromatic carbocycles. The van der Waals surface area contributed by atoms with E-state index >= 15 is 0 Å². The molecule has 0 saturated heterocycles. The van der Waals surface area contributed by atoms with Crippen molar-refractivity contribution in [1.82, 2.24) is 0 Å². The van der Waals surface area contributed by atoms with Crippen LogP contribution in [0.2, 0.25) is 20.1 Å². The molecular formula is C28H27Cl4O3P. The number of carbonyl (C=O) groups excluding carboxylic acids is 2. The summed E-state index contributed by atoms with van der Waals surface area (Å²) >= 11 is 25.3. The van der Waals surface area contributed by atoms with E-state index in [0.29, 0.717) is 6.42 Å². The van der Waals surface area contributed by atoms with Crippen LogP contribution in [0, 0.1) is 5.92 Å². The number of carbonyl (C=O) groups is 2. The molecule has 2 unspecified atom stereocenters. The van der Waals surface area contributed by atoms with Crippen LogP contribution in [-0.4, -0.2) is 17.2 Å². The topological polar surface area (TPSA) is 51.2 Å². The third kappa shape index (κ3) is 7.03. The van der Waals surface area contributed by atoms with Gasteiger partial charge in [0.25, 0.3) is 0 Å². The highest BCUT2D eigenvalue weighted by molar-refractivity contribution is 7.54. The molecule has 0 radical (unpaired) electrons. The molecule has 3 aromatic rings. The number of hydrogen-bond donors (Lipinski definition) is 0. The second-order valence-electron chi connectivity index (χ2n) is 8.62. The summed E-state index contributed by atoms with van der Waals surface area (Å²) in [6.45, 7) is 2.07. The van der Waals surface area contributed by atoms with E-state index < -0.39 is 25.3 Å². The first-order valence-corrected chi connectivity index (χ1v) is 14.8. The molecule has 190 valence electrons. The van der Waals surface area contributed by atoms with Crippen molar-refractivity contribution in [2.75, 3.05) is 0 Å². The summed E-state index contributed by atoms with van der Waals surface area (Å²) in [5, 5.41) is 1.44. The molecule has 0 aliphatic rings. The van der Waals surface area contributed by atoms with Crippen LogP contribution in [0.25, 0.3) is 0 Å². The smallest absolute Gasteiger partial charge is 0.176 e. The highest BCUT2D eigenvalue weighted by atomic mass is 35.5. The van der Waals surface area contributed by atoms with Gasteiger partial charge in [0.05, 0.1) is 37.1 Å². The lowest BCUT2D eigenvalue weighted by Gasteiger charge is -2.22. The van der Waals surface area contributed by atoms with Crippen LogP contribution in [0.5, 0.6) is 0 Å². The van der Waals surface area contributed by atoms with E-state index in [0.717, 1.165) is 24.6 Å². The van der Waals surface area contributed by atoms with Crippen molar-refractivity contribution >= 4 is 71.1 Å². The molecule has 0 N–H and O–H groups in total. The Morgan fingerprint density at radius 3 is 1.61 bits per heavy atom. The summed E-state index contributed by atoms with van der Waals surface area (Å²) in [6, 6.07) is 18.8. The SMILES string of the molecule is CCCCC(CCC(C(=O)c1c(Cl)cccc1Cl)C(=O)c1c(Cl)cccc1Cl)[PH](=O)c1ccccc1. The van der Waals surface area contributed by atoms with Gasteiger partial charge < -0.3 is 4.57 Å². The largest absolute Gasteiger partial charge is 0.322 e. The lowest BCUT2D eigenvalue weighted by atomic mass is 9.85. The molecule has 0 saturated carbocycles. The number of hydrogen-bond acceptors (Lipinski definition) is 3. The summed E-state index contributed by atoms with van der Waals surface area (Å²) in [6.07, 6.45) is 3.16. The average molecular weight is 584 g/mol. The zero-order valence-corrected chi connectivity index (χ0v) is 23.8. The average Bonchev–Trinajstić information content (AvgIpc) is 2.86. The van der Waals surface area contributed by atoms with E-state index in [1.807, 2.05) is 30.3 Å². The molecule has 2 atom stereocenters. The van der Waals surface area contributed by atoms with Gasteiger partial charge in [-0.3, -0.25) is 9.59 Å². The van der Waals surface area contributed by atoms with Crippen molar-refractivity contribution in [1.29, 1.82) is 0 Å². The van der Waals surface area contributed by atoms with Crippen molar-refractivity contribution in [2.45, 2.75) is 44.7 Å². The standard InChI is InChI=1S/C28H27Cl4O3P/c1-2-3-9-19(36(35)18-10-5-4-6-11-18)16-17-20(27(33)25-21(29)12-7-13-22(25)30)28(34)26-23(31)14-8-15-24(26)32/h4-8,10-15,19-20,36H,2-3,9,16-17H2,1H3. The van der Waals surface area contributed by atoms with E-state index in [9.17, 15) is 14.2 Å². The molecule has 0 fully saturated rings. The first-order valence-electron chi connectivity index (χ1n) is 11.8. The Labute approximate surface area is 232 Å². The lowest BCUT2D eigenvalue weighted by Crippen LogP contribution is -2.27. The first kappa shape index (κ1) is 29.0. The van der Waals surface area contributed by atoms with Crippen LogP contribution in [0.1, 0.15) is 59.7 Å². The molecule has 0 bridgehead atoms. The van der Waals surface area contributed by atoms with Crippen LogP contribution >= 0.6 is 54.2 Å². The molecule has 8 heteroatoms. The molecule has 3 nitrogen and oxygen atoms in total. The zero-order valence-electron chi connectivity index (χ0n) is 19.8. The van der Waals surface area contributed by atoms with Crippen molar-refractivity contribution < 1.29 is 14.2 Å². The third-order valence-corrected chi connectivity index (χ3v) is 9.67. The van der Waals surface area contributed by atoms with Gasteiger partial charge in [0.15, 0.2) is 11.6 Å². The number of Topliss-reactive ketones (excluding diaryl/α,β-unsaturated/α-hetero) is 2. The quantitative estimate of drug-likeness (QED) is 0.121. The first-order chi connectivity index (χ1) is 17.3. The second kappa shape index (κ2) is 13.8. The summed E-state index contributed by atoms with van der Waals surface area (Å²) in [5.41, 5.74) is 0.00949. The highest BCUT2D eigenvalue weighted by Gasteiger charge is 2.34. The minimum absolute atomic E-state index is 0.0863. The zero-order chi connectivity index (χ0) is 26.2. The van der Waals surface area contributed by atoms with Crippen LogP contribution in [0.15, 0.2) is 66.7 Å². The minimum Gasteiger partial charge on any atom is -0.322 e. The number of rotatable bonds is 12. The van der Waals surface area contributed by atoms with Crippen molar-refractivity contribution in [2.24, 2.45) is 5.92 Å². The van der Waals surface area contributed by atoms with Gasteiger partial charge in [0.2, 0.25) is 0 Å². The van der Waals surface area contributed by atoms with Crippen molar-refractivity contribution in [3.8, 4) is 0 Å². The molecular weight excluding hydrogens is 557 g/mol. The monoisotopic (exact) mass is 582 g/mol. The van der Waals surface area contributed by atoms with E-state index in [1.165, 1.54) is 0 Å². The Bertz CT molecular complexity index is 1140. The summed E-state index contributed by atoms with van der Waals surface area (Å²) in [5.74, 6) is -2.13. The van der Waals surface area contributed by atoms with Crippen LogP contribution in [0.4, 0.5) is 0 Å². The van der Waals surface area contributed by atoms with E-state index in [2.05, 4.69) is 6.92 Å². The molecule has 36 heavy (non-hydrogen) atoms. The van der Waals surface area contributed by atoms with Gasteiger partial charge in [-0.1, -0.05) is 109 Å². The van der Waals surface area contributed by atoms with Crippen molar-refractivity contribution in [3.63, 3.8) is 0 Å². The van der Waals surface area contributed by atoms with Crippen LogP contribution in [-0.2, 0) is 4.57 Å². The number of halogens is 4. The Balaban J connectivity index is 1.98. The summed E-state index contributed by atoms with van der Waals surface area (Å²) < 4.78 is 13.5. The third-order valence-electron chi connectivity index (χ3n) is 6.19. The van der Waals surface area contributed by atoms with E-state index in [4.69, 9.17) is 46.4 Å². The number of unbranched alkanes of at least 4 members (excludes halogenated alkanes) is 1. The van der Waals surface area contributed by atoms with Gasteiger partial charge in [-0.05, 0) is 43.5 Å². The molecule has 0 aliphatic carbocycles. The molecule has 0 aliphatic heterocycles. The fourth-order valence-electron chi connectivity index (χ4n) is 4.26. The molecule has 0 aromatic heterocycles. The normalized spacial score (nSPS) is 12.9. The van der Waals surface area contributed by atoms with Crippen molar-refractivity contribution in [3.05, 3.63) is 97.9 Å². The second-order valence-corrected chi connectivity index (χ2v) is 12.4. The fraction of sp³-hybridized carbons (Fsp3) is 0.286. The molecule has 0 spiro atoms. The minimum atomic E-state index is -2.16. The number of ketones is 2. The maximum atomic E-state index is 13.7. The molecule has 0 amide bonds. The molecule has 3 rings (SSSR count). The summed E-state index contributed by atoms with van der Waals surface area (Å²) in [4.78, 5) is 27.5. The Morgan fingerprint density at radius 2 is 1.17 bits per heavy atom. The summed E-state index contributed by atoms with van der Waals surface area (Å²) in [7, 11) is -2.16. The van der Waals surface area contributed by atoms with Gasteiger partial charge in [0, 0.05) is 11.0 Å². The molecule has 0 heterocycles. The van der Waals surface area contributed by atoms with Gasteiger partial charge in [-0.2, -0.15) is 0 Å². The Morgan fingerprint density at radius 1 is 0.694 bits per heavy atom. The van der Waals surface area contributed by atoms with E-state index in [1.54, 1.807) is 36.4 Å². The van der Waals surface area contributed by atoms with Crippen LogP contribution < -0.4 is 5.30 Å². The maximum absolute atomic E-state index is 13.7. The van der Waals surface area contributed by atoms with Gasteiger partial charge in [-0.15, -0.1) is 0 Å². The maximum Gasteiger partial charge on any atom is 0.176 e. The van der Waals surface area contributed by atoms with Crippen LogP contribution in [0.3, 0.4) is 0 Å². The fourth-order valence-corrected chi connectivity index (χ4v) is 7.31. The highest BCUT2D eigenvalue weighted by Crippen LogP contribution is 2.38. The van der Waals surface area contributed by atoms with E-state index in [-0.39, 0.29) is 43.3 Å². The van der Waals surface area contributed by atoms with Gasteiger partial charge >= 0.3 is 0 Å². The predicted octanol–water partition coefficient (Wildman–Crippen LogP) is 9.21. The van der Waals surface area contributed by atoms with Gasteiger partial charge in [0.1, 0.15) is 7.80 Å². The lowest BCUT2D eigenvalue weighted by molar-refractivity contribution is 0.0797. The Kier molecular flexibility index (Phi) is 11.1. The number of benzene rings is 3.